The first kappa shape index (κ1) is 59.3. The van der Waals surface area contributed by atoms with Crippen molar-refractivity contribution in [3.63, 3.8) is 0 Å². The summed E-state index contributed by atoms with van der Waals surface area (Å²) in [6.07, 6.45) is 48.5. The Bertz CT molecular complexity index is 967. The van der Waals surface area contributed by atoms with Crippen LogP contribution >= 0.6 is 0 Å². The Hall–Kier alpha value is -1.67. The van der Waals surface area contributed by atoms with Crippen molar-refractivity contribution in [1.29, 1.82) is 0 Å². The average Bonchev–Trinajstić information content (AvgIpc) is 3.22. The first-order valence-corrected chi connectivity index (χ1v) is 26.6. The van der Waals surface area contributed by atoms with Crippen molar-refractivity contribution in [3.05, 3.63) is 0 Å². The summed E-state index contributed by atoms with van der Waals surface area (Å²) in [5, 5.41) is 11.7. The third-order valence-electron chi connectivity index (χ3n) is 12.5. The summed E-state index contributed by atoms with van der Waals surface area (Å²) in [6.45, 7) is 4.73. The number of hydrogen-bond donors (Lipinski definition) is 0. The largest absolute Gasteiger partial charge is 0.544 e. The van der Waals surface area contributed by atoms with Gasteiger partial charge in [0.15, 0.2) is 6.10 Å². The number of carbonyl (C=O) groups excluding carboxylic acids is 3. The number of quaternary nitrogens is 1. The molecule has 0 aliphatic carbocycles. The van der Waals surface area contributed by atoms with Crippen LogP contribution in [0.4, 0.5) is 0 Å². The number of rotatable bonds is 49. The van der Waals surface area contributed by atoms with Gasteiger partial charge in [0.2, 0.25) is 0 Å². The molecular weight excluding hydrogens is 763 g/mol. The van der Waals surface area contributed by atoms with Crippen molar-refractivity contribution in [2.24, 2.45) is 0 Å². The fourth-order valence-electron chi connectivity index (χ4n) is 8.37. The van der Waals surface area contributed by atoms with Crippen LogP contribution in [-0.4, -0.2) is 75.5 Å². The molecule has 0 spiro atoms. The van der Waals surface area contributed by atoms with Crippen molar-refractivity contribution in [2.75, 3.05) is 41.0 Å². The van der Waals surface area contributed by atoms with Crippen LogP contribution in [0.1, 0.15) is 271 Å². The number of carbonyl (C=O) groups is 3. The number of likely N-dealkylation sites (N-methyl/N-ethyl adjacent to an activating group) is 1. The molecule has 0 aromatic rings. The van der Waals surface area contributed by atoms with E-state index in [1.807, 2.05) is 21.1 Å². The molecule has 0 aliphatic rings. The van der Waals surface area contributed by atoms with Gasteiger partial charge in [0.25, 0.3) is 0 Å². The quantitative estimate of drug-likeness (QED) is 0.0341. The van der Waals surface area contributed by atoms with E-state index in [1.54, 1.807) is 0 Å². The lowest BCUT2D eigenvalue weighted by Crippen LogP contribution is -2.55. The monoisotopic (exact) mass is 866 g/mol. The van der Waals surface area contributed by atoms with E-state index in [9.17, 15) is 19.5 Å². The maximum atomic E-state index is 12.8. The Morgan fingerprint density at radius 2 is 0.721 bits per heavy atom. The van der Waals surface area contributed by atoms with Gasteiger partial charge in [-0.2, -0.15) is 0 Å². The molecule has 362 valence electrons. The predicted octanol–water partition coefficient (Wildman–Crippen LogP) is 13.9. The van der Waals surface area contributed by atoms with Gasteiger partial charge in [0.05, 0.1) is 40.3 Å². The van der Waals surface area contributed by atoms with Gasteiger partial charge < -0.3 is 28.6 Å². The van der Waals surface area contributed by atoms with Crippen molar-refractivity contribution < 1.29 is 38.2 Å². The molecule has 0 amide bonds. The van der Waals surface area contributed by atoms with Gasteiger partial charge in [-0.25, -0.2) is 0 Å². The molecule has 2 unspecified atom stereocenters. The van der Waals surface area contributed by atoms with Crippen LogP contribution in [0, 0.1) is 0 Å². The molecule has 0 N–H and O–H groups in total. The molecule has 0 saturated carbocycles. The molecule has 0 rings (SSSR count). The van der Waals surface area contributed by atoms with E-state index in [1.165, 1.54) is 199 Å². The molecule has 0 aromatic heterocycles. The van der Waals surface area contributed by atoms with Crippen molar-refractivity contribution in [1.82, 2.24) is 0 Å². The maximum Gasteiger partial charge on any atom is 0.306 e. The summed E-state index contributed by atoms with van der Waals surface area (Å²) in [6, 6.07) is -0.720. The van der Waals surface area contributed by atoms with Crippen LogP contribution in [0.15, 0.2) is 0 Å². The lowest BCUT2D eigenvalue weighted by Gasteiger charge is -2.34. The minimum Gasteiger partial charge on any atom is -0.544 e. The van der Waals surface area contributed by atoms with E-state index >= 15 is 0 Å². The zero-order valence-corrected chi connectivity index (χ0v) is 41.4. The molecule has 0 heterocycles. The summed E-state index contributed by atoms with van der Waals surface area (Å²) in [5.74, 6) is -1.71. The van der Waals surface area contributed by atoms with E-state index in [0.717, 1.165) is 38.5 Å². The van der Waals surface area contributed by atoms with E-state index in [0.29, 0.717) is 12.8 Å². The van der Waals surface area contributed by atoms with E-state index in [-0.39, 0.29) is 42.7 Å². The summed E-state index contributed by atoms with van der Waals surface area (Å²) >= 11 is 0. The highest BCUT2D eigenvalue weighted by atomic mass is 16.6. The molecule has 0 aliphatic heterocycles. The molecule has 0 fully saturated rings. The Morgan fingerprint density at radius 1 is 0.426 bits per heavy atom. The standard InChI is InChI=1S/C53H103NO7/c1-6-8-10-12-14-16-18-20-22-23-24-25-26-27-28-30-31-33-35-37-39-41-43-51(55)60-48-49(47-59-46-45-50(53(57)58)54(3,4)5)61-52(56)44-42-40-38-36-34-32-29-21-19-17-15-13-11-9-7-2/h49-50H,6-48H2,1-5H3. The molecule has 0 radical (unpaired) electrons. The second-order valence-electron chi connectivity index (χ2n) is 19.5. The number of nitrogens with zero attached hydrogens (tertiary/aromatic N) is 1. The number of carboxylic acids is 1. The van der Waals surface area contributed by atoms with Crippen molar-refractivity contribution in [2.45, 2.75) is 283 Å². The number of aliphatic carboxylic acids is 1. The fourth-order valence-corrected chi connectivity index (χ4v) is 8.37. The van der Waals surface area contributed by atoms with Crippen LogP contribution in [0.25, 0.3) is 0 Å². The topological polar surface area (TPSA) is 102 Å². The second-order valence-corrected chi connectivity index (χ2v) is 19.5. The first-order chi connectivity index (χ1) is 29.6. The normalized spacial score (nSPS) is 12.7. The zero-order valence-electron chi connectivity index (χ0n) is 41.4. The van der Waals surface area contributed by atoms with Gasteiger partial charge in [-0.3, -0.25) is 9.59 Å². The van der Waals surface area contributed by atoms with Crippen LogP contribution in [0.5, 0.6) is 0 Å². The highest BCUT2D eigenvalue weighted by molar-refractivity contribution is 5.70. The van der Waals surface area contributed by atoms with E-state index in [2.05, 4.69) is 13.8 Å². The second kappa shape index (κ2) is 44.9. The smallest absolute Gasteiger partial charge is 0.306 e. The van der Waals surface area contributed by atoms with E-state index < -0.39 is 18.1 Å². The van der Waals surface area contributed by atoms with Gasteiger partial charge >= 0.3 is 11.9 Å². The van der Waals surface area contributed by atoms with Crippen LogP contribution < -0.4 is 5.11 Å². The molecule has 8 nitrogen and oxygen atoms in total. The SMILES string of the molecule is CCCCCCCCCCCCCCCCCCCCCCCCC(=O)OCC(COCCC(C(=O)[O-])[N+](C)(C)C)OC(=O)CCCCCCCCCCCCCCCCC. The average molecular weight is 866 g/mol. The Balaban J connectivity index is 4.13. The molecule has 61 heavy (non-hydrogen) atoms. The molecule has 2 atom stereocenters. The predicted molar refractivity (Wildman–Crippen MR) is 255 cm³/mol. The zero-order chi connectivity index (χ0) is 44.9. The lowest BCUT2D eigenvalue weighted by atomic mass is 10.0. The Labute approximate surface area is 378 Å². The summed E-state index contributed by atoms with van der Waals surface area (Å²) in [5.41, 5.74) is 0. The molecular formula is C53H103NO7. The Morgan fingerprint density at radius 3 is 1.02 bits per heavy atom. The number of unbranched alkanes of at least 4 members (excludes halogenated alkanes) is 35. The highest BCUT2D eigenvalue weighted by Gasteiger charge is 2.25. The number of hydrogen-bond acceptors (Lipinski definition) is 7. The molecule has 0 saturated heterocycles. The van der Waals surface area contributed by atoms with E-state index in [4.69, 9.17) is 14.2 Å². The van der Waals surface area contributed by atoms with Gasteiger partial charge in [0, 0.05) is 19.3 Å². The third-order valence-corrected chi connectivity index (χ3v) is 12.5. The molecule has 0 aromatic carbocycles. The van der Waals surface area contributed by atoms with Crippen molar-refractivity contribution >= 4 is 17.9 Å². The minimum absolute atomic E-state index is 0.0498. The van der Waals surface area contributed by atoms with Crippen LogP contribution in [0.3, 0.4) is 0 Å². The number of carboxylic acid groups (broad SMARTS) is 1. The summed E-state index contributed by atoms with van der Waals surface area (Å²) < 4.78 is 17.3. The van der Waals surface area contributed by atoms with Gasteiger partial charge in [-0.1, -0.05) is 239 Å². The molecule has 8 heteroatoms. The minimum atomic E-state index is -1.12. The third kappa shape index (κ3) is 43.4. The number of esters is 2. The maximum absolute atomic E-state index is 12.8. The van der Waals surface area contributed by atoms with Crippen LogP contribution in [-0.2, 0) is 28.6 Å². The van der Waals surface area contributed by atoms with Crippen LogP contribution in [0.2, 0.25) is 0 Å². The summed E-state index contributed by atoms with van der Waals surface area (Å²) in [7, 11) is 5.43. The Kier molecular flexibility index (Phi) is 43.7. The fraction of sp³-hybridized carbons (Fsp3) is 0.943. The van der Waals surface area contributed by atoms with Gasteiger partial charge in [-0.15, -0.1) is 0 Å². The number of ether oxygens (including phenoxy) is 3. The summed E-state index contributed by atoms with van der Waals surface area (Å²) in [4.78, 5) is 37.0. The first-order valence-electron chi connectivity index (χ1n) is 26.6. The van der Waals surface area contributed by atoms with Gasteiger partial charge in [-0.05, 0) is 12.8 Å². The van der Waals surface area contributed by atoms with Crippen molar-refractivity contribution in [3.8, 4) is 0 Å². The lowest BCUT2D eigenvalue weighted by molar-refractivity contribution is -0.889. The van der Waals surface area contributed by atoms with Gasteiger partial charge in [0.1, 0.15) is 12.6 Å². The highest BCUT2D eigenvalue weighted by Crippen LogP contribution is 2.17. The molecule has 0 bridgehead atoms.